The maximum atomic E-state index is 12.3. The third-order valence-electron chi connectivity index (χ3n) is 3.50. The minimum absolute atomic E-state index is 0.151. The molecule has 0 unspecified atom stereocenters. The number of hydrogen-bond donors (Lipinski definition) is 1. The predicted molar refractivity (Wildman–Crippen MR) is 98.2 cm³/mol. The van der Waals surface area contributed by atoms with Crippen LogP contribution >= 0.6 is 22.9 Å². The molecule has 0 bridgehead atoms. The Bertz CT molecular complexity index is 805. The summed E-state index contributed by atoms with van der Waals surface area (Å²) in [6.45, 7) is 2.15. The quantitative estimate of drug-likeness (QED) is 0.788. The number of nitrogens with zero attached hydrogens (tertiary/aromatic N) is 1. The van der Waals surface area contributed by atoms with E-state index in [-0.39, 0.29) is 18.9 Å². The van der Waals surface area contributed by atoms with Gasteiger partial charge in [0.25, 0.3) is 10.0 Å². The number of thiophene rings is 1. The van der Waals surface area contributed by atoms with Crippen molar-refractivity contribution in [2.75, 3.05) is 18.9 Å². The van der Waals surface area contributed by atoms with Crippen molar-refractivity contribution < 1.29 is 13.2 Å². The zero-order chi connectivity index (χ0) is 17.7. The number of nitrogens with one attached hydrogen (secondary N) is 1. The summed E-state index contributed by atoms with van der Waals surface area (Å²) in [5.41, 5.74) is 1.59. The van der Waals surface area contributed by atoms with E-state index in [9.17, 15) is 13.2 Å². The van der Waals surface area contributed by atoms with Crippen LogP contribution < -0.4 is 5.32 Å². The van der Waals surface area contributed by atoms with Crippen LogP contribution in [0.1, 0.15) is 18.4 Å². The lowest BCUT2D eigenvalue weighted by Crippen LogP contribution is -2.28. The number of halogens is 1. The molecule has 1 amide bonds. The van der Waals surface area contributed by atoms with Crippen LogP contribution in [-0.2, 0) is 14.8 Å². The second-order valence-electron chi connectivity index (χ2n) is 5.37. The SMILES string of the molecule is Cc1cc(Cl)ccc1NC(=O)CCCN(C)S(=O)(=O)c1cccs1. The Morgan fingerprint density at radius 3 is 2.71 bits per heavy atom. The first-order valence-electron chi connectivity index (χ1n) is 7.36. The van der Waals surface area contributed by atoms with Crippen molar-refractivity contribution in [1.82, 2.24) is 4.31 Å². The third kappa shape index (κ3) is 4.80. The van der Waals surface area contributed by atoms with Crippen LogP contribution in [0.4, 0.5) is 5.69 Å². The van der Waals surface area contributed by atoms with E-state index < -0.39 is 10.0 Å². The Kier molecular flexibility index (Phi) is 6.40. The van der Waals surface area contributed by atoms with E-state index in [0.717, 1.165) is 5.56 Å². The summed E-state index contributed by atoms with van der Waals surface area (Å²) in [6.07, 6.45) is 0.686. The van der Waals surface area contributed by atoms with Gasteiger partial charge < -0.3 is 5.32 Å². The number of rotatable bonds is 7. The molecule has 0 saturated carbocycles. The number of aryl methyl sites for hydroxylation is 1. The first-order chi connectivity index (χ1) is 11.3. The smallest absolute Gasteiger partial charge is 0.252 e. The van der Waals surface area contributed by atoms with Gasteiger partial charge in [-0.05, 0) is 48.6 Å². The van der Waals surface area contributed by atoms with E-state index in [1.165, 1.54) is 22.7 Å². The van der Waals surface area contributed by atoms with Gasteiger partial charge in [0.05, 0.1) is 0 Å². The van der Waals surface area contributed by atoms with E-state index in [0.29, 0.717) is 21.3 Å². The molecule has 1 heterocycles. The largest absolute Gasteiger partial charge is 0.326 e. The number of carbonyl (C=O) groups excluding carboxylic acids is 1. The molecule has 1 aromatic heterocycles. The van der Waals surface area contributed by atoms with Crippen molar-refractivity contribution in [2.24, 2.45) is 0 Å². The van der Waals surface area contributed by atoms with Gasteiger partial charge in [-0.2, -0.15) is 0 Å². The summed E-state index contributed by atoms with van der Waals surface area (Å²) >= 11 is 7.07. The minimum Gasteiger partial charge on any atom is -0.326 e. The molecule has 0 aliphatic rings. The molecule has 0 radical (unpaired) electrons. The molecular formula is C16H19ClN2O3S2. The zero-order valence-corrected chi connectivity index (χ0v) is 15.8. The highest BCUT2D eigenvalue weighted by molar-refractivity contribution is 7.91. The average molecular weight is 387 g/mol. The Hall–Kier alpha value is -1.41. The highest BCUT2D eigenvalue weighted by Gasteiger charge is 2.21. The number of anilines is 1. The first-order valence-corrected chi connectivity index (χ1v) is 10.1. The van der Waals surface area contributed by atoms with Gasteiger partial charge in [-0.25, -0.2) is 12.7 Å². The van der Waals surface area contributed by atoms with Crippen LogP contribution in [0.5, 0.6) is 0 Å². The molecule has 24 heavy (non-hydrogen) atoms. The normalized spacial score (nSPS) is 11.7. The van der Waals surface area contributed by atoms with Crippen LogP contribution in [-0.4, -0.2) is 32.2 Å². The topological polar surface area (TPSA) is 66.5 Å². The van der Waals surface area contributed by atoms with Crippen LogP contribution in [0, 0.1) is 6.92 Å². The summed E-state index contributed by atoms with van der Waals surface area (Å²) in [5, 5.41) is 5.16. The van der Waals surface area contributed by atoms with E-state index >= 15 is 0 Å². The third-order valence-corrected chi connectivity index (χ3v) is 6.96. The van der Waals surface area contributed by atoms with Crippen molar-refractivity contribution in [3.63, 3.8) is 0 Å². The number of sulfonamides is 1. The summed E-state index contributed by atoms with van der Waals surface area (Å²) in [7, 11) is -1.93. The van der Waals surface area contributed by atoms with Gasteiger partial charge in [-0.15, -0.1) is 11.3 Å². The van der Waals surface area contributed by atoms with Crippen molar-refractivity contribution in [2.45, 2.75) is 24.0 Å². The first kappa shape index (κ1) is 18.9. The number of hydrogen-bond acceptors (Lipinski definition) is 4. The Morgan fingerprint density at radius 1 is 1.33 bits per heavy atom. The van der Waals surface area contributed by atoms with Crippen molar-refractivity contribution >= 4 is 44.6 Å². The maximum Gasteiger partial charge on any atom is 0.252 e. The Balaban J connectivity index is 1.84. The van der Waals surface area contributed by atoms with Gasteiger partial charge in [-0.3, -0.25) is 4.79 Å². The van der Waals surface area contributed by atoms with Crippen molar-refractivity contribution in [3.05, 3.63) is 46.3 Å². The molecule has 0 atom stereocenters. The average Bonchev–Trinajstić information content (AvgIpc) is 3.05. The standard InChI is InChI=1S/C16H19ClN2O3S2/c1-12-11-13(17)7-8-14(12)18-15(20)5-3-9-19(2)24(21,22)16-6-4-10-23-16/h4,6-8,10-11H,3,5,9H2,1-2H3,(H,18,20). The second-order valence-corrected chi connectivity index (χ2v) is 9.03. The number of amides is 1. The maximum absolute atomic E-state index is 12.3. The summed E-state index contributed by atoms with van der Waals surface area (Å²) in [4.78, 5) is 12.0. The van der Waals surface area contributed by atoms with Crippen LogP contribution in [0.3, 0.4) is 0 Å². The van der Waals surface area contributed by atoms with Gasteiger partial charge in [0.15, 0.2) is 0 Å². The highest BCUT2D eigenvalue weighted by atomic mass is 35.5. The van der Waals surface area contributed by atoms with Crippen molar-refractivity contribution in [3.8, 4) is 0 Å². The van der Waals surface area contributed by atoms with Crippen LogP contribution in [0.15, 0.2) is 39.9 Å². The van der Waals surface area contributed by atoms with Gasteiger partial charge in [0.2, 0.25) is 5.91 Å². The summed E-state index contributed by atoms with van der Waals surface area (Å²) in [5.74, 6) is -0.151. The molecule has 2 rings (SSSR count). The van der Waals surface area contributed by atoms with E-state index in [2.05, 4.69) is 5.32 Å². The second kappa shape index (κ2) is 8.11. The van der Waals surface area contributed by atoms with Gasteiger partial charge >= 0.3 is 0 Å². The molecule has 0 saturated heterocycles. The van der Waals surface area contributed by atoms with E-state index in [1.54, 1.807) is 35.7 Å². The predicted octanol–water partition coefficient (Wildman–Crippen LogP) is 3.75. The van der Waals surface area contributed by atoms with Gasteiger partial charge in [-0.1, -0.05) is 17.7 Å². The lowest BCUT2D eigenvalue weighted by molar-refractivity contribution is -0.116. The molecule has 0 fully saturated rings. The number of carbonyl (C=O) groups is 1. The van der Waals surface area contributed by atoms with Crippen molar-refractivity contribution in [1.29, 1.82) is 0 Å². The highest BCUT2D eigenvalue weighted by Crippen LogP contribution is 2.21. The molecule has 5 nitrogen and oxygen atoms in total. The van der Waals surface area contributed by atoms with Crippen LogP contribution in [0.25, 0.3) is 0 Å². The molecular weight excluding hydrogens is 368 g/mol. The van der Waals surface area contributed by atoms with E-state index in [4.69, 9.17) is 11.6 Å². The summed E-state index contributed by atoms with van der Waals surface area (Å²) in [6, 6.07) is 8.52. The molecule has 130 valence electrons. The zero-order valence-electron chi connectivity index (χ0n) is 13.5. The lowest BCUT2D eigenvalue weighted by atomic mass is 10.2. The lowest BCUT2D eigenvalue weighted by Gasteiger charge is -2.16. The fraction of sp³-hybridized carbons (Fsp3) is 0.312. The Morgan fingerprint density at radius 2 is 2.08 bits per heavy atom. The number of benzene rings is 1. The molecule has 0 aliphatic carbocycles. The molecule has 0 aliphatic heterocycles. The molecule has 0 spiro atoms. The Labute approximate surface area is 151 Å². The molecule has 8 heteroatoms. The molecule has 2 aromatic rings. The summed E-state index contributed by atoms with van der Waals surface area (Å²) < 4.78 is 26.1. The molecule has 1 N–H and O–H groups in total. The fourth-order valence-corrected chi connectivity index (χ4v) is 4.76. The van der Waals surface area contributed by atoms with E-state index in [1.807, 2.05) is 6.92 Å². The van der Waals surface area contributed by atoms with Gasteiger partial charge in [0, 0.05) is 30.7 Å². The molecule has 1 aromatic carbocycles. The fourth-order valence-electron chi connectivity index (χ4n) is 2.13. The minimum atomic E-state index is -3.46. The van der Waals surface area contributed by atoms with Crippen LogP contribution in [0.2, 0.25) is 5.02 Å². The monoisotopic (exact) mass is 386 g/mol. The van der Waals surface area contributed by atoms with Gasteiger partial charge in [0.1, 0.15) is 4.21 Å².